The molecular formula is C15H16N4O. The molecule has 0 amide bonds. The zero-order valence-corrected chi connectivity index (χ0v) is 11.2. The molecule has 0 spiro atoms. The number of anilines is 2. The minimum absolute atomic E-state index is 0.190. The van der Waals surface area contributed by atoms with Gasteiger partial charge in [-0.3, -0.25) is 0 Å². The molecule has 20 heavy (non-hydrogen) atoms. The average molecular weight is 268 g/mol. The number of nitrogens with zero attached hydrogens (tertiary/aromatic N) is 1. The number of H-pyrrole nitrogens is 2. The number of nitrogens with one attached hydrogen (secondary N) is 2. The van der Waals surface area contributed by atoms with Gasteiger partial charge in [-0.05, 0) is 35.9 Å². The predicted molar refractivity (Wildman–Crippen MR) is 81.3 cm³/mol. The lowest BCUT2D eigenvalue weighted by Gasteiger charge is -2.20. The van der Waals surface area contributed by atoms with E-state index in [1.54, 1.807) is 0 Å². The summed E-state index contributed by atoms with van der Waals surface area (Å²) in [4.78, 5) is 18.9. The molecule has 0 saturated heterocycles. The summed E-state index contributed by atoms with van der Waals surface area (Å²) in [7, 11) is 1.99. The number of imidazole rings is 1. The third-order valence-corrected chi connectivity index (χ3v) is 3.42. The molecule has 0 saturated carbocycles. The molecule has 0 unspecified atom stereocenters. The first kappa shape index (κ1) is 12.5. The lowest BCUT2D eigenvalue weighted by molar-refractivity contribution is 1.06. The second-order valence-corrected chi connectivity index (χ2v) is 4.74. The van der Waals surface area contributed by atoms with Crippen molar-refractivity contribution in [1.29, 1.82) is 0 Å². The fourth-order valence-electron chi connectivity index (χ4n) is 2.27. The van der Waals surface area contributed by atoms with E-state index < -0.39 is 0 Å². The van der Waals surface area contributed by atoms with Crippen LogP contribution in [0.1, 0.15) is 5.56 Å². The van der Waals surface area contributed by atoms with E-state index >= 15 is 0 Å². The van der Waals surface area contributed by atoms with Crippen molar-refractivity contribution >= 4 is 22.4 Å². The number of nitrogens with two attached hydrogens (primary N) is 1. The standard InChI is InChI=1S/C15H16N4O/c1-19(11-4-2-3-10(7-11)9-16)12-5-6-13-14(8-12)18-15(20)17-13/h2-8H,9,16H2,1H3,(H2,17,18,20). The minimum Gasteiger partial charge on any atom is -0.345 e. The molecule has 3 rings (SSSR count). The maximum Gasteiger partial charge on any atom is 0.323 e. The molecule has 1 heterocycles. The van der Waals surface area contributed by atoms with Gasteiger partial charge in [-0.15, -0.1) is 0 Å². The van der Waals surface area contributed by atoms with E-state index in [9.17, 15) is 4.79 Å². The van der Waals surface area contributed by atoms with Gasteiger partial charge in [0.1, 0.15) is 0 Å². The first-order chi connectivity index (χ1) is 9.67. The highest BCUT2D eigenvalue weighted by Gasteiger charge is 2.06. The van der Waals surface area contributed by atoms with Crippen molar-refractivity contribution in [1.82, 2.24) is 9.97 Å². The van der Waals surface area contributed by atoms with Crippen LogP contribution >= 0.6 is 0 Å². The number of aromatic nitrogens is 2. The third-order valence-electron chi connectivity index (χ3n) is 3.42. The highest BCUT2D eigenvalue weighted by molar-refractivity contribution is 5.80. The third kappa shape index (κ3) is 2.19. The van der Waals surface area contributed by atoms with Crippen LogP contribution in [0, 0.1) is 0 Å². The fraction of sp³-hybridized carbons (Fsp3) is 0.133. The van der Waals surface area contributed by atoms with Gasteiger partial charge in [-0.1, -0.05) is 12.1 Å². The van der Waals surface area contributed by atoms with E-state index in [-0.39, 0.29) is 5.69 Å². The summed E-state index contributed by atoms with van der Waals surface area (Å²) in [6, 6.07) is 13.9. The minimum atomic E-state index is -0.190. The zero-order chi connectivity index (χ0) is 14.1. The van der Waals surface area contributed by atoms with Crippen LogP contribution in [0.25, 0.3) is 11.0 Å². The SMILES string of the molecule is CN(c1cccc(CN)c1)c1ccc2[nH]c(=O)[nH]c2c1. The molecule has 4 N–H and O–H groups in total. The van der Waals surface area contributed by atoms with Gasteiger partial charge in [-0.2, -0.15) is 0 Å². The molecule has 0 fully saturated rings. The van der Waals surface area contributed by atoms with E-state index in [1.807, 2.05) is 43.4 Å². The van der Waals surface area contributed by atoms with E-state index in [1.165, 1.54) is 0 Å². The smallest absolute Gasteiger partial charge is 0.323 e. The van der Waals surface area contributed by atoms with E-state index in [2.05, 4.69) is 20.9 Å². The highest BCUT2D eigenvalue weighted by Crippen LogP contribution is 2.26. The second kappa shape index (κ2) is 4.86. The molecule has 0 aliphatic carbocycles. The van der Waals surface area contributed by atoms with Gasteiger partial charge < -0.3 is 20.6 Å². The largest absolute Gasteiger partial charge is 0.345 e. The van der Waals surface area contributed by atoms with Gasteiger partial charge in [0, 0.05) is 25.0 Å². The Bertz CT molecular complexity index is 803. The zero-order valence-electron chi connectivity index (χ0n) is 11.2. The summed E-state index contributed by atoms with van der Waals surface area (Å²) >= 11 is 0. The van der Waals surface area contributed by atoms with Gasteiger partial charge in [0.25, 0.3) is 0 Å². The summed E-state index contributed by atoms with van der Waals surface area (Å²) in [5.74, 6) is 0. The average Bonchev–Trinajstić information content (AvgIpc) is 2.85. The lowest BCUT2D eigenvalue weighted by Crippen LogP contribution is -2.10. The lowest BCUT2D eigenvalue weighted by atomic mass is 10.1. The summed E-state index contributed by atoms with van der Waals surface area (Å²) in [5, 5.41) is 0. The second-order valence-electron chi connectivity index (χ2n) is 4.74. The van der Waals surface area contributed by atoms with Crippen LogP contribution in [0.3, 0.4) is 0 Å². The van der Waals surface area contributed by atoms with Crippen molar-refractivity contribution in [3.63, 3.8) is 0 Å². The summed E-state index contributed by atoms with van der Waals surface area (Å²) in [6.45, 7) is 0.520. The van der Waals surface area contributed by atoms with Crippen LogP contribution in [0.2, 0.25) is 0 Å². The summed E-state index contributed by atoms with van der Waals surface area (Å²) < 4.78 is 0. The van der Waals surface area contributed by atoms with Crippen LogP contribution in [-0.4, -0.2) is 17.0 Å². The number of hydrogen-bond acceptors (Lipinski definition) is 3. The quantitative estimate of drug-likeness (QED) is 0.680. The molecule has 102 valence electrons. The first-order valence-corrected chi connectivity index (χ1v) is 6.42. The first-order valence-electron chi connectivity index (χ1n) is 6.42. The molecule has 0 aliphatic heterocycles. The van der Waals surface area contributed by atoms with Gasteiger partial charge in [-0.25, -0.2) is 4.79 Å². The van der Waals surface area contributed by atoms with E-state index in [0.29, 0.717) is 6.54 Å². The van der Waals surface area contributed by atoms with E-state index in [4.69, 9.17) is 5.73 Å². The summed E-state index contributed by atoms with van der Waals surface area (Å²) in [5.41, 5.74) is 10.2. The van der Waals surface area contributed by atoms with E-state index in [0.717, 1.165) is 28.0 Å². The Balaban J connectivity index is 2.02. The molecule has 2 aromatic carbocycles. The molecule has 5 heteroatoms. The Morgan fingerprint density at radius 3 is 2.60 bits per heavy atom. The van der Waals surface area contributed by atoms with Crippen LogP contribution in [0.15, 0.2) is 47.3 Å². The summed E-state index contributed by atoms with van der Waals surface area (Å²) in [6.07, 6.45) is 0. The monoisotopic (exact) mass is 268 g/mol. The number of fused-ring (bicyclic) bond motifs is 1. The Morgan fingerprint density at radius 2 is 1.80 bits per heavy atom. The van der Waals surface area contributed by atoms with Crippen molar-refractivity contribution < 1.29 is 0 Å². The van der Waals surface area contributed by atoms with Crippen molar-refractivity contribution in [2.45, 2.75) is 6.54 Å². The van der Waals surface area contributed by atoms with Crippen molar-refractivity contribution in [3.05, 3.63) is 58.5 Å². The Morgan fingerprint density at radius 1 is 1.05 bits per heavy atom. The molecular weight excluding hydrogens is 252 g/mol. The van der Waals surface area contributed by atoms with Crippen LogP contribution in [-0.2, 0) is 6.54 Å². The van der Waals surface area contributed by atoms with Crippen molar-refractivity contribution in [2.75, 3.05) is 11.9 Å². The highest BCUT2D eigenvalue weighted by atomic mass is 16.1. The van der Waals surface area contributed by atoms with Crippen LogP contribution in [0.5, 0.6) is 0 Å². The topological polar surface area (TPSA) is 77.9 Å². The number of rotatable bonds is 3. The molecule has 3 aromatic rings. The molecule has 1 aromatic heterocycles. The predicted octanol–water partition coefficient (Wildman–Crippen LogP) is 2.08. The van der Waals surface area contributed by atoms with Gasteiger partial charge in [0.05, 0.1) is 11.0 Å². The number of aromatic amines is 2. The Kier molecular flexibility index (Phi) is 3.04. The van der Waals surface area contributed by atoms with Crippen LogP contribution < -0.4 is 16.3 Å². The number of benzene rings is 2. The molecule has 0 radical (unpaired) electrons. The van der Waals surface area contributed by atoms with Gasteiger partial charge in [0.15, 0.2) is 0 Å². The maximum atomic E-state index is 11.3. The fourth-order valence-corrected chi connectivity index (χ4v) is 2.27. The molecule has 0 atom stereocenters. The van der Waals surface area contributed by atoms with Crippen LogP contribution in [0.4, 0.5) is 11.4 Å². The Labute approximate surface area is 116 Å². The molecule has 0 aliphatic rings. The van der Waals surface area contributed by atoms with Gasteiger partial charge >= 0.3 is 5.69 Å². The normalized spacial score (nSPS) is 10.9. The number of hydrogen-bond donors (Lipinski definition) is 3. The maximum absolute atomic E-state index is 11.3. The van der Waals surface area contributed by atoms with Gasteiger partial charge in [0.2, 0.25) is 0 Å². The van der Waals surface area contributed by atoms with Crippen molar-refractivity contribution in [3.8, 4) is 0 Å². The van der Waals surface area contributed by atoms with Crippen molar-refractivity contribution in [2.24, 2.45) is 5.73 Å². The molecule has 5 nitrogen and oxygen atoms in total. The molecule has 0 bridgehead atoms. The Hall–Kier alpha value is -2.53.